The molecule has 0 radical (unpaired) electrons. The highest BCUT2D eigenvalue weighted by atomic mass is 32.1. The first-order valence-electron chi connectivity index (χ1n) is 6.90. The van der Waals surface area contributed by atoms with Crippen LogP contribution >= 0.6 is 11.3 Å². The number of aliphatic hydroxyl groups is 1. The Bertz CT molecular complexity index is 571. The molecule has 0 bridgehead atoms. The van der Waals surface area contributed by atoms with E-state index >= 15 is 0 Å². The minimum Gasteiger partial charge on any atom is -0.383 e. The van der Waals surface area contributed by atoms with E-state index in [4.69, 9.17) is 0 Å². The first kappa shape index (κ1) is 13.7. The lowest BCUT2D eigenvalue weighted by molar-refractivity contribution is 0.0196. The zero-order valence-electron chi connectivity index (χ0n) is 11.5. The molecule has 7 heteroatoms. The van der Waals surface area contributed by atoms with E-state index in [1.807, 2.05) is 11.7 Å². The van der Waals surface area contributed by atoms with Crippen LogP contribution in [0.1, 0.15) is 35.5 Å². The molecule has 6 nitrogen and oxygen atoms in total. The van der Waals surface area contributed by atoms with E-state index in [2.05, 4.69) is 27.5 Å². The van der Waals surface area contributed by atoms with Gasteiger partial charge in [0.25, 0.3) is 0 Å². The number of aryl methyl sites for hydroxylation is 1. The number of nitrogens with one attached hydrogen (secondary N) is 1. The zero-order valence-corrected chi connectivity index (χ0v) is 12.4. The van der Waals surface area contributed by atoms with Gasteiger partial charge in [0.05, 0.1) is 23.9 Å². The average molecular weight is 293 g/mol. The number of aromatic nitrogens is 4. The third-order valence-corrected chi connectivity index (χ3v) is 4.63. The summed E-state index contributed by atoms with van der Waals surface area (Å²) in [5.41, 5.74) is 2.68. The van der Waals surface area contributed by atoms with Crippen LogP contribution in [0, 0.1) is 6.92 Å². The van der Waals surface area contributed by atoms with Crippen molar-refractivity contribution in [2.24, 2.45) is 0 Å². The van der Waals surface area contributed by atoms with Crippen LogP contribution < -0.4 is 5.32 Å². The second-order valence-electron chi connectivity index (χ2n) is 5.29. The number of hydrogen-bond acceptors (Lipinski definition) is 6. The van der Waals surface area contributed by atoms with Gasteiger partial charge in [-0.1, -0.05) is 5.21 Å². The first-order valence-corrected chi connectivity index (χ1v) is 7.78. The maximum Gasteiger partial charge on any atom is 0.114 e. The van der Waals surface area contributed by atoms with Gasteiger partial charge in [-0.3, -0.25) is 0 Å². The predicted octanol–water partition coefficient (Wildman–Crippen LogP) is 1.05. The summed E-state index contributed by atoms with van der Waals surface area (Å²) in [6.07, 6.45) is 4.22. The molecule has 1 fully saturated rings. The maximum atomic E-state index is 10.7. The lowest BCUT2D eigenvalue weighted by Gasteiger charge is -2.23. The molecule has 2 aromatic rings. The molecule has 1 aliphatic heterocycles. The number of nitrogens with zero attached hydrogens (tertiary/aromatic N) is 4. The molecule has 1 saturated heterocycles. The Morgan fingerprint density at radius 2 is 2.35 bits per heavy atom. The van der Waals surface area contributed by atoms with Crippen LogP contribution in [-0.4, -0.2) is 38.2 Å². The van der Waals surface area contributed by atoms with Crippen molar-refractivity contribution in [3.63, 3.8) is 0 Å². The molecule has 0 spiro atoms. The fourth-order valence-electron chi connectivity index (χ4n) is 2.53. The van der Waals surface area contributed by atoms with Crippen LogP contribution in [0.5, 0.6) is 0 Å². The summed E-state index contributed by atoms with van der Waals surface area (Å²) in [5, 5.41) is 22.4. The summed E-state index contributed by atoms with van der Waals surface area (Å²) in [4.78, 5) is 5.52. The van der Waals surface area contributed by atoms with E-state index in [-0.39, 0.29) is 0 Å². The SMILES string of the molecule is Cc1scnc1Cn1cc(C2(O)CCCNCC2)nn1. The second kappa shape index (κ2) is 5.59. The van der Waals surface area contributed by atoms with Crippen LogP contribution in [0.4, 0.5) is 0 Å². The normalized spacial score (nSPS) is 23.7. The van der Waals surface area contributed by atoms with E-state index in [1.165, 1.54) is 4.88 Å². The van der Waals surface area contributed by atoms with Crippen molar-refractivity contribution < 1.29 is 5.11 Å². The molecule has 2 N–H and O–H groups in total. The van der Waals surface area contributed by atoms with Gasteiger partial charge in [-0.15, -0.1) is 16.4 Å². The van der Waals surface area contributed by atoms with Crippen molar-refractivity contribution in [3.8, 4) is 0 Å². The van der Waals surface area contributed by atoms with Crippen molar-refractivity contribution in [1.82, 2.24) is 25.3 Å². The molecule has 3 rings (SSSR count). The number of hydrogen-bond donors (Lipinski definition) is 2. The molecule has 0 aromatic carbocycles. The lowest BCUT2D eigenvalue weighted by Crippen LogP contribution is -2.27. The van der Waals surface area contributed by atoms with Gasteiger partial charge in [-0.2, -0.15) is 0 Å². The molecule has 1 unspecified atom stereocenters. The molecule has 108 valence electrons. The van der Waals surface area contributed by atoms with Crippen molar-refractivity contribution in [3.05, 3.63) is 28.0 Å². The molecule has 0 amide bonds. The van der Waals surface area contributed by atoms with E-state index in [1.54, 1.807) is 16.0 Å². The third-order valence-electron chi connectivity index (χ3n) is 3.83. The van der Waals surface area contributed by atoms with Gasteiger partial charge in [0.15, 0.2) is 0 Å². The molecule has 1 atom stereocenters. The Labute approximate surface area is 121 Å². The van der Waals surface area contributed by atoms with E-state index in [0.717, 1.165) is 31.6 Å². The van der Waals surface area contributed by atoms with Crippen molar-refractivity contribution in [2.75, 3.05) is 13.1 Å². The van der Waals surface area contributed by atoms with Crippen LogP contribution in [0.25, 0.3) is 0 Å². The lowest BCUT2D eigenvalue weighted by atomic mass is 9.92. The fourth-order valence-corrected chi connectivity index (χ4v) is 3.12. The second-order valence-corrected chi connectivity index (χ2v) is 6.35. The molecule has 20 heavy (non-hydrogen) atoms. The van der Waals surface area contributed by atoms with Crippen LogP contribution in [-0.2, 0) is 12.1 Å². The molecular formula is C13H19N5OS. The van der Waals surface area contributed by atoms with Crippen LogP contribution in [0.3, 0.4) is 0 Å². The van der Waals surface area contributed by atoms with Gasteiger partial charge in [-0.25, -0.2) is 9.67 Å². The maximum absolute atomic E-state index is 10.7. The van der Waals surface area contributed by atoms with Gasteiger partial charge < -0.3 is 10.4 Å². The Hall–Kier alpha value is -1.31. The summed E-state index contributed by atoms with van der Waals surface area (Å²) in [6.45, 7) is 4.43. The molecule has 0 saturated carbocycles. The van der Waals surface area contributed by atoms with E-state index < -0.39 is 5.60 Å². The van der Waals surface area contributed by atoms with Gasteiger partial charge in [0, 0.05) is 4.88 Å². The first-order chi connectivity index (χ1) is 9.67. The Kier molecular flexibility index (Phi) is 3.82. The minimum absolute atomic E-state index is 0.608. The standard InChI is InChI=1S/C13H19N5OS/c1-10-11(15-9-20-10)7-18-8-12(16-17-18)13(19)3-2-5-14-6-4-13/h8-9,14,19H,2-7H2,1H3. The van der Waals surface area contributed by atoms with Crippen molar-refractivity contribution in [2.45, 2.75) is 38.3 Å². The number of thiazole rings is 1. The van der Waals surface area contributed by atoms with E-state index in [9.17, 15) is 5.11 Å². The van der Waals surface area contributed by atoms with Crippen molar-refractivity contribution >= 4 is 11.3 Å². The molecular weight excluding hydrogens is 274 g/mol. The van der Waals surface area contributed by atoms with Crippen molar-refractivity contribution in [1.29, 1.82) is 0 Å². The number of rotatable bonds is 3. The average Bonchev–Trinajstić information content (AvgIpc) is 2.99. The Balaban J connectivity index is 1.77. The molecule has 2 aromatic heterocycles. The highest BCUT2D eigenvalue weighted by Gasteiger charge is 2.33. The fraction of sp³-hybridized carbons (Fsp3) is 0.615. The highest BCUT2D eigenvalue weighted by molar-refractivity contribution is 7.09. The molecule has 1 aliphatic rings. The quantitative estimate of drug-likeness (QED) is 0.885. The smallest absolute Gasteiger partial charge is 0.114 e. The molecule has 3 heterocycles. The summed E-state index contributed by atoms with van der Waals surface area (Å²) in [7, 11) is 0. The van der Waals surface area contributed by atoms with Crippen LogP contribution in [0.2, 0.25) is 0 Å². The van der Waals surface area contributed by atoms with Gasteiger partial charge in [0.2, 0.25) is 0 Å². The third kappa shape index (κ3) is 2.74. The summed E-state index contributed by atoms with van der Waals surface area (Å²) >= 11 is 1.63. The summed E-state index contributed by atoms with van der Waals surface area (Å²) in [6, 6.07) is 0. The Morgan fingerprint density at radius 3 is 3.15 bits per heavy atom. The monoisotopic (exact) mass is 293 g/mol. The predicted molar refractivity (Wildman–Crippen MR) is 76.6 cm³/mol. The zero-order chi connectivity index (χ0) is 14.0. The summed E-state index contributed by atoms with van der Waals surface area (Å²) < 4.78 is 1.76. The van der Waals surface area contributed by atoms with E-state index in [0.29, 0.717) is 18.7 Å². The molecule has 0 aliphatic carbocycles. The van der Waals surface area contributed by atoms with Gasteiger partial charge >= 0.3 is 0 Å². The van der Waals surface area contributed by atoms with Gasteiger partial charge in [0.1, 0.15) is 11.3 Å². The minimum atomic E-state index is -0.848. The largest absolute Gasteiger partial charge is 0.383 e. The highest BCUT2D eigenvalue weighted by Crippen LogP contribution is 2.29. The van der Waals surface area contributed by atoms with Crippen LogP contribution in [0.15, 0.2) is 11.7 Å². The Morgan fingerprint density at radius 1 is 1.45 bits per heavy atom. The summed E-state index contributed by atoms with van der Waals surface area (Å²) in [5.74, 6) is 0. The van der Waals surface area contributed by atoms with Gasteiger partial charge in [-0.05, 0) is 39.3 Å². The topological polar surface area (TPSA) is 75.9 Å².